The van der Waals surface area contributed by atoms with Crippen LogP contribution in [0, 0.1) is 5.41 Å². The first-order valence-corrected chi connectivity index (χ1v) is 8.36. The summed E-state index contributed by atoms with van der Waals surface area (Å²) in [4.78, 5) is 14.3. The smallest absolute Gasteiger partial charge is 0.234 e. The first-order chi connectivity index (χ1) is 11.0. The Morgan fingerprint density at radius 1 is 1.48 bits per heavy atom. The van der Waals surface area contributed by atoms with Gasteiger partial charge in [0.25, 0.3) is 0 Å². The van der Waals surface area contributed by atoms with Crippen LogP contribution < -0.4 is 10.1 Å². The zero-order valence-corrected chi connectivity index (χ0v) is 14.2. The minimum atomic E-state index is -0.0790. The molecule has 1 fully saturated rings. The second kappa shape index (κ2) is 8.31. The van der Waals surface area contributed by atoms with E-state index >= 15 is 0 Å². The molecule has 0 bridgehead atoms. The predicted molar refractivity (Wildman–Crippen MR) is 90.3 cm³/mol. The van der Waals surface area contributed by atoms with E-state index in [0.29, 0.717) is 19.7 Å². The van der Waals surface area contributed by atoms with Crippen molar-refractivity contribution in [3.8, 4) is 5.75 Å². The molecule has 0 radical (unpaired) electrons. The van der Waals surface area contributed by atoms with E-state index in [-0.39, 0.29) is 17.9 Å². The molecule has 23 heavy (non-hydrogen) atoms. The fraction of sp³-hybridized carbons (Fsp3) is 0.611. The van der Waals surface area contributed by atoms with E-state index in [2.05, 4.69) is 17.1 Å². The van der Waals surface area contributed by atoms with Gasteiger partial charge < -0.3 is 15.2 Å². The van der Waals surface area contributed by atoms with Crippen LogP contribution in [-0.2, 0) is 11.3 Å². The van der Waals surface area contributed by atoms with Crippen molar-refractivity contribution in [1.82, 2.24) is 10.2 Å². The lowest BCUT2D eigenvalue weighted by molar-refractivity contribution is -0.123. The number of ether oxygens (including phenoxy) is 1. The third-order valence-corrected chi connectivity index (χ3v) is 4.31. The van der Waals surface area contributed by atoms with Crippen molar-refractivity contribution in [2.24, 2.45) is 5.41 Å². The molecule has 0 spiro atoms. The number of carbonyl (C=O) groups is 1. The number of carbonyl (C=O) groups excluding carboxylic acids is 1. The van der Waals surface area contributed by atoms with E-state index in [1.54, 1.807) is 0 Å². The number of nitrogens with zero attached hydrogens (tertiary/aromatic N) is 1. The molecule has 128 valence electrons. The molecule has 1 unspecified atom stereocenters. The van der Waals surface area contributed by atoms with Crippen LogP contribution in [0.25, 0.3) is 0 Å². The van der Waals surface area contributed by atoms with Crippen molar-refractivity contribution in [2.75, 3.05) is 32.8 Å². The van der Waals surface area contributed by atoms with Crippen LogP contribution >= 0.6 is 0 Å². The van der Waals surface area contributed by atoms with Crippen molar-refractivity contribution in [2.45, 2.75) is 33.2 Å². The number of piperidine rings is 1. The van der Waals surface area contributed by atoms with Crippen molar-refractivity contribution in [1.29, 1.82) is 0 Å². The number of aliphatic hydroxyl groups is 1. The highest BCUT2D eigenvalue weighted by Crippen LogP contribution is 2.28. The lowest BCUT2D eigenvalue weighted by Gasteiger charge is -2.38. The molecule has 1 saturated heterocycles. The van der Waals surface area contributed by atoms with Crippen LogP contribution in [0.1, 0.15) is 32.3 Å². The lowest BCUT2D eigenvalue weighted by atomic mass is 9.83. The Kier molecular flexibility index (Phi) is 6.42. The van der Waals surface area contributed by atoms with Gasteiger partial charge in [0, 0.05) is 25.1 Å². The molecule has 2 rings (SSSR count). The molecule has 5 nitrogen and oxygen atoms in total. The summed E-state index contributed by atoms with van der Waals surface area (Å²) >= 11 is 0. The monoisotopic (exact) mass is 320 g/mol. The molecule has 1 aliphatic heterocycles. The summed E-state index contributed by atoms with van der Waals surface area (Å²) in [5.41, 5.74) is 0.952. The van der Waals surface area contributed by atoms with E-state index in [1.807, 2.05) is 31.2 Å². The number of hydrogen-bond acceptors (Lipinski definition) is 4. The molecule has 1 heterocycles. The Labute approximate surface area is 138 Å². The number of hydrogen-bond donors (Lipinski definition) is 2. The molecule has 0 saturated carbocycles. The minimum absolute atomic E-state index is 0.0222. The second-order valence-electron chi connectivity index (χ2n) is 6.64. The Hall–Kier alpha value is -1.59. The normalized spacial score (nSPS) is 21.9. The van der Waals surface area contributed by atoms with Crippen LogP contribution in [-0.4, -0.2) is 48.8 Å². The molecule has 2 N–H and O–H groups in total. The van der Waals surface area contributed by atoms with Gasteiger partial charge in [-0.05, 0) is 44.0 Å². The Balaban J connectivity index is 1.80. The van der Waals surface area contributed by atoms with Gasteiger partial charge in [0.05, 0.1) is 13.2 Å². The lowest BCUT2D eigenvalue weighted by Crippen LogP contribution is -2.47. The highest BCUT2D eigenvalue weighted by molar-refractivity contribution is 5.78. The van der Waals surface area contributed by atoms with Gasteiger partial charge in [0.15, 0.2) is 0 Å². The number of amides is 1. The summed E-state index contributed by atoms with van der Waals surface area (Å²) in [5, 5.41) is 12.4. The topological polar surface area (TPSA) is 61.8 Å². The van der Waals surface area contributed by atoms with Crippen molar-refractivity contribution < 1.29 is 14.6 Å². The zero-order valence-electron chi connectivity index (χ0n) is 14.2. The molecule has 1 atom stereocenters. The number of benzene rings is 1. The van der Waals surface area contributed by atoms with Gasteiger partial charge in [-0.15, -0.1) is 0 Å². The summed E-state index contributed by atoms with van der Waals surface area (Å²) in [6.07, 6.45) is 2.05. The first-order valence-electron chi connectivity index (χ1n) is 8.36. The quantitative estimate of drug-likeness (QED) is 0.804. The fourth-order valence-corrected chi connectivity index (χ4v) is 3.06. The zero-order chi connectivity index (χ0) is 16.7. The van der Waals surface area contributed by atoms with Crippen molar-refractivity contribution >= 4 is 5.91 Å². The molecule has 1 aromatic carbocycles. The van der Waals surface area contributed by atoms with Crippen LogP contribution in [0.5, 0.6) is 5.75 Å². The molecular formula is C18H28N2O3. The Morgan fingerprint density at radius 3 is 3.04 bits per heavy atom. The second-order valence-corrected chi connectivity index (χ2v) is 6.64. The number of rotatable bonds is 7. The van der Waals surface area contributed by atoms with Crippen LogP contribution in [0.15, 0.2) is 24.3 Å². The molecule has 1 aromatic rings. The average molecular weight is 320 g/mol. The molecule has 5 heteroatoms. The van der Waals surface area contributed by atoms with Gasteiger partial charge in [-0.25, -0.2) is 0 Å². The third kappa shape index (κ3) is 5.52. The maximum Gasteiger partial charge on any atom is 0.234 e. The van der Waals surface area contributed by atoms with Gasteiger partial charge in [-0.1, -0.05) is 19.1 Å². The number of likely N-dealkylation sites (tertiary alicyclic amines) is 1. The van der Waals surface area contributed by atoms with Gasteiger partial charge in [-0.3, -0.25) is 9.69 Å². The third-order valence-electron chi connectivity index (χ3n) is 4.31. The fourth-order valence-electron chi connectivity index (χ4n) is 3.06. The Morgan fingerprint density at radius 2 is 2.30 bits per heavy atom. The van der Waals surface area contributed by atoms with E-state index < -0.39 is 0 Å². The van der Waals surface area contributed by atoms with Gasteiger partial charge in [-0.2, -0.15) is 0 Å². The molecule has 0 aliphatic carbocycles. The largest absolute Gasteiger partial charge is 0.494 e. The van der Waals surface area contributed by atoms with Crippen molar-refractivity contribution in [3.05, 3.63) is 29.8 Å². The average Bonchev–Trinajstić information content (AvgIpc) is 2.54. The number of aliphatic hydroxyl groups excluding tert-OH is 1. The summed E-state index contributed by atoms with van der Waals surface area (Å²) < 4.78 is 5.47. The van der Waals surface area contributed by atoms with Gasteiger partial charge >= 0.3 is 0 Å². The molecule has 1 aliphatic rings. The first kappa shape index (κ1) is 17.8. The van der Waals surface area contributed by atoms with Gasteiger partial charge in [0.2, 0.25) is 5.91 Å². The van der Waals surface area contributed by atoms with Crippen LogP contribution in [0.2, 0.25) is 0 Å². The highest BCUT2D eigenvalue weighted by Gasteiger charge is 2.30. The summed E-state index contributed by atoms with van der Waals surface area (Å²) in [7, 11) is 0. The van der Waals surface area contributed by atoms with E-state index in [9.17, 15) is 9.90 Å². The van der Waals surface area contributed by atoms with E-state index in [0.717, 1.165) is 37.2 Å². The van der Waals surface area contributed by atoms with Crippen LogP contribution in [0.4, 0.5) is 0 Å². The van der Waals surface area contributed by atoms with Gasteiger partial charge in [0.1, 0.15) is 5.75 Å². The molecule has 0 aromatic heterocycles. The summed E-state index contributed by atoms with van der Waals surface area (Å²) in [6.45, 7) is 7.43. The van der Waals surface area contributed by atoms with E-state index in [4.69, 9.17) is 4.74 Å². The van der Waals surface area contributed by atoms with E-state index in [1.165, 1.54) is 0 Å². The minimum Gasteiger partial charge on any atom is -0.494 e. The maximum absolute atomic E-state index is 12.1. The number of nitrogens with one attached hydrogen (secondary N) is 1. The van der Waals surface area contributed by atoms with Crippen molar-refractivity contribution in [3.63, 3.8) is 0 Å². The standard InChI is InChI=1S/C18H28N2O3/c1-3-23-16-7-4-6-15(10-16)11-19-17(22)12-20-9-5-8-18(2,13-20)14-21/h4,6-7,10,21H,3,5,8-9,11-14H2,1-2H3,(H,19,22). The summed E-state index contributed by atoms with van der Waals surface area (Å²) in [5.74, 6) is 0.850. The molecular weight excluding hydrogens is 292 g/mol. The molecule has 1 amide bonds. The van der Waals surface area contributed by atoms with Crippen LogP contribution in [0.3, 0.4) is 0 Å². The Bertz CT molecular complexity index is 521. The highest BCUT2D eigenvalue weighted by atomic mass is 16.5. The SMILES string of the molecule is CCOc1cccc(CNC(=O)CN2CCCC(C)(CO)C2)c1. The predicted octanol–water partition coefficient (Wildman–Crippen LogP) is 1.80. The maximum atomic E-state index is 12.1. The summed E-state index contributed by atoms with van der Waals surface area (Å²) in [6, 6.07) is 7.78.